The van der Waals surface area contributed by atoms with Gasteiger partial charge < -0.3 is 65.1 Å². The number of aliphatic hydroxyl groups excluding tert-OH is 8. The van der Waals surface area contributed by atoms with E-state index in [2.05, 4.69) is 31.3 Å². The van der Waals surface area contributed by atoms with Gasteiger partial charge in [0, 0.05) is 6.42 Å². The third kappa shape index (κ3) is 35.0. The highest BCUT2D eigenvalue weighted by molar-refractivity contribution is 5.76. The maximum absolute atomic E-state index is 13.3. The number of rotatable bonds is 54. The number of hydrogen-bond donors (Lipinski definition) is 9. The van der Waals surface area contributed by atoms with Crippen molar-refractivity contribution in [1.29, 1.82) is 0 Å². The molecule has 12 unspecified atom stereocenters. The summed E-state index contributed by atoms with van der Waals surface area (Å²) >= 11 is 0. The summed E-state index contributed by atoms with van der Waals surface area (Å²) in [4.78, 5) is 13.3. The van der Waals surface area contributed by atoms with E-state index in [1.54, 1.807) is 0 Å². The first-order valence-electron chi connectivity index (χ1n) is 32.9. The Hall–Kier alpha value is -1.27. The van der Waals surface area contributed by atoms with Crippen LogP contribution in [0.3, 0.4) is 0 Å². The summed E-state index contributed by atoms with van der Waals surface area (Å²) in [6, 6.07) is -0.830. The molecule has 0 spiro atoms. The molecule has 2 aliphatic heterocycles. The minimum Gasteiger partial charge on any atom is -0.394 e. The molecule has 14 heteroatoms. The summed E-state index contributed by atoms with van der Waals surface area (Å²) in [5.74, 6) is -0.211. The molecule has 2 saturated heterocycles. The molecule has 2 rings (SSSR count). The number of unbranched alkanes of at least 4 members (excludes halogenated alkanes) is 39. The van der Waals surface area contributed by atoms with Gasteiger partial charge in [-0.2, -0.15) is 0 Å². The predicted molar refractivity (Wildman–Crippen MR) is 314 cm³/mol. The first-order valence-corrected chi connectivity index (χ1v) is 32.9. The fourth-order valence-corrected chi connectivity index (χ4v) is 11.2. The molecule has 0 aromatic carbocycles. The molecule has 0 bridgehead atoms. The molecule has 2 aliphatic rings. The highest BCUT2D eigenvalue weighted by Gasteiger charge is 2.51. The van der Waals surface area contributed by atoms with Crippen LogP contribution in [0.2, 0.25) is 0 Å². The van der Waals surface area contributed by atoms with Crippen molar-refractivity contribution in [2.45, 2.75) is 370 Å². The molecule has 1 amide bonds. The van der Waals surface area contributed by atoms with Crippen molar-refractivity contribution in [3.8, 4) is 0 Å². The Morgan fingerprint density at radius 2 is 0.808 bits per heavy atom. The summed E-state index contributed by atoms with van der Waals surface area (Å²) in [5.41, 5.74) is 0. The monoisotopic (exact) mass is 1110 g/mol. The SMILES string of the molecule is CCCCCCC/C=C\CCCCCCCC(=O)NC(COC1OC(CO)C(OC2OC(CO)C(O)C(O)C2O)C(O)C1O)C(O)CCCCCCCCCCCCCCCCCCCCCCCCCCCCCCCC. The lowest BCUT2D eigenvalue weighted by Gasteiger charge is -2.46. The quantitative estimate of drug-likeness (QED) is 0.0204. The highest BCUT2D eigenvalue weighted by Crippen LogP contribution is 2.30. The lowest BCUT2D eigenvalue weighted by Crippen LogP contribution is -2.65. The van der Waals surface area contributed by atoms with Gasteiger partial charge in [-0.05, 0) is 38.5 Å². The number of amides is 1. The largest absolute Gasteiger partial charge is 0.394 e. The van der Waals surface area contributed by atoms with E-state index in [4.69, 9.17) is 18.9 Å². The van der Waals surface area contributed by atoms with Crippen molar-refractivity contribution in [3.63, 3.8) is 0 Å². The third-order valence-electron chi connectivity index (χ3n) is 16.5. The highest BCUT2D eigenvalue weighted by atomic mass is 16.7. The molecule has 0 aromatic heterocycles. The Kier molecular flexibility index (Phi) is 46.9. The number of hydrogen-bond acceptors (Lipinski definition) is 13. The summed E-state index contributed by atoms with van der Waals surface area (Å²) in [5, 5.41) is 87.4. The molecule has 12 atom stereocenters. The standard InChI is InChI=1S/C64H123NO13/c1-3-5-7-9-11-13-15-17-19-20-21-22-23-24-25-26-27-28-29-30-31-32-33-34-35-37-39-41-43-45-47-53(68)52(65-56(69)48-46-44-42-40-38-36-18-16-14-12-10-8-6-4-2)51-75-63-61(74)59(72)62(55(50-67)77-63)78-64-60(73)58(71)57(70)54(49-66)76-64/h16,18,52-55,57-64,66-68,70-74H,3-15,17,19-51H2,1-2H3,(H,65,69)/b18-16-. The Labute approximate surface area is 476 Å². The predicted octanol–water partition coefficient (Wildman–Crippen LogP) is 12.2. The van der Waals surface area contributed by atoms with Crippen LogP contribution >= 0.6 is 0 Å². The van der Waals surface area contributed by atoms with Crippen LogP contribution in [-0.4, -0.2) is 140 Å². The molecule has 462 valence electrons. The van der Waals surface area contributed by atoms with Gasteiger partial charge in [-0.1, -0.05) is 264 Å². The van der Waals surface area contributed by atoms with Crippen LogP contribution in [0.1, 0.15) is 296 Å². The number of nitrogens with one attached hydrogen (secondary N) is 1. The van der Waals surface area contributed by atoms with E-state index < -0.39 is 86.8 Å². The van der Waals surface area contributed by atoms with Crippen LogP contribution in [0.4, 0.5) is 0 Å². The van der Waals surface area contributed by atoms with Gasteiger partial charge in [-0.3, -0.25) is 4.79 Å². The number of allylic oxidation sites excluding steroid dienone is 2. The van der Waals surface area contributed by atoms with Gasteiger partial charge in [0.2, 0.25) is 5.91 Å². The van der Waals surface area contributed by atoms with E-state index in [1.165, 1.54) is 199 Å². The van der Waals surface area contributed by atoms with E-state index in [0.29, 0.717) is 19.3 Å². The van der Waals surface area contributed by atoms with Crippen LogP contribution < -0.4 is 5.32 Å². The van der Waals surface area contributed by atoms with Crippen molar-refractivity contribution in [3.05, 3.63) is 12.2 Å². The van der Waals surface area contributed by atoms with Crippen LogP contribution in [0.25, 0.3) is 0 Å². The van der Waals surface area contributed by atoms with E-state index in [-0.39, 0.29) is 12.5 Å². The average molecular weight is 1110 g/mol. The zero-order chi connectivity index (χ0) is 56.7. The zero-order valence-corrected chi connectivity index (χ0v) is 49.9. The Bertz CT molecular complexity index is 1360. The van der Waals surface area contributed by atoms with Crippen LogP contribution in [-0.2, 0) is 23.7 Å². The molecule has 0 aliphatic carbocycles. The average Bonchev–Trinajstić information content (AvgIpc) is 3.48. The maximum atomic E-state index is 13.3. The van der Waals surface area contributed by atoms with Gasteiger partial charge in [-0.25, -0.2) is 0 Å². The molecule has 0 saturated carbocycles. The Morgan fingerprint density at radius 3 is 1.22 bits per heavy atom. The molecule has 0 aromatic rings. The van der Waals surface area contributed by atoms with Gasteiger partial charge in [0.15, 0.2) is 12.6 Å². The molecule has 14 nitrogen and oxygen atoms in total. The molecule has 2 fully saturated rings. The molecule has 78 heavy (non-hydrogen) atoms. The molecular weight excluding hydrogens is 991 g/mol. The van der Waals surface area contributed by atoms with Gasteiger partial charge >= 0.3 is 0 Å². The van der Waals surface area contributed by atoms with Crippen LogP contribution in [0, 0.1) is 0 Å². The van der Waals surface area contributed by atoms with Gasteiger partial charge in [-0.15, -0.1) is 0 Å². The summed E-state index contributed by atoms with van der Waals surface area (Å²) in [7, 11) is 0. The number of ether oxygens (including phenoxy) is 4. The van der Waals surface area contributed by atoms with Gasteiger partial charge in [0.1, 0.15) is 48.8 Å². The first kappa shape index (κ1) is 72.8. The van der Waals surface area contributed by atoms with E-state index in [9.17, 15) is 45.6 Å². The van der Waals surface area contributed by atoms with Crippen molar-refractivity contribution in [1.82, 2.24) is 5.32 Å². The minimum absolute atomic E-state index is 0.211. The summed E-state index contributed by atoms with van der Waals surface area (Å²) in [6.07, 6.45) is 42.4. The Morgan fingerprint density at radius 1 is 0.449 bits per heavy atom. The topological polar surface area (TPSA) is 228 Å². The van der Waals surface area contributed by atoms with Crippen LogP contribution in [0.15, 0.2) is 12.2 Å². The second kappa shape index (κ2) is 50.3. The van der Waals surface area contributed by atoms with Crippen molar-refractivity contribution < 1.29 is 64.6 Å². The second-order valence-electron chi connectivity index (χ2n) is 23.6. The van der Waals surface area contributed by atoms with E-state index in [1.807, 2.05) is 0 Å². The summed E-state index contributed by atoms with van der Waals surface area (Å²) < 4.78 is 22.9. The molecule has 9 N–H and O–H groups in total. The van der Waals surface area contributed by atoms with Crippen LogP contribution in [0.5, 0.6) is 0 Å². The number of carbonyl (C=O) groups excluding carboxylic acids is 1. The van der Waals surface area contributed by atoms with E-state index in [0.717, 1.165) is 64.2 Å². The zero-order valence-electron chi connectivity index (χ0n) is 49.9. The lowest BCUT2D eigenvalue weighted by atomic mass is 9.97. The van der Waals surface area contributed by atoms with Gasteiger partial charge in [0.25, 0.3) is 0 Å². The first-order chi connectivity index (χ1) is 38.1. The number of carbonyl (C=O) groups is 1. The van der Waals surface area contributed by atoms with Crippen molar-refractivity contribution in [2.24, 2.45) is 0 Å². The summed E-state index contributed by atoms with van der Waals surface area (Å²) in [6.45, 7) is 2.88. The van der Waals surface area contributed by atoms with Gasteiger partial charge in [0.05, 0.1) is 32.0 Å². The number of aliphatic hydroxyl groups is 8. The third-order valence-corrected chi connectivity index (χ3v) is 16.5. The normalized spacial score (nSPS) is 24.5. The molecule has 2 heterocycles. The van der Waals surface area contributed by atoms with Crippen molar-refractivity contribution >= 4 is 5.91 Å². The molecule has 0 radical (unpaired) electrons. The fourth-order valence-electron chi connectivity index (χ4n) is 11.2. The van der Waals surface area contributed by atoms with E-state index >= 15 is 0 Å². The Balaban J connectivity index is 1.65. The minimum atomic E-state index is -1.78. The second-order valence-corrected chi connectivity index (χ2v) is 23.6. The van der Waals surface area contributed by atoms with Crippen molar-refractivity contribution in [2.75, 3.05) is 19.8 Å². The lowest BCUT2D eigenvalue weighted by molar-refractivity contribution is -0.359. The molecular formula is C64H123NO13. The smallest absolute Gasteiger partial charge is 0.220 e. The fraction of sp³-hybridized carbons (Fsp3) is 0.953. The maximum Gasteiger partial charge on any atom is 0.220 e.